The van der Waals surface area contributed by atoms with Crippen LogP contribution in [0.4, 0.5) is 11.4 Å². The molecule has 0 amide bonds. The Morgan fingerprint density at radius 1 is 1.33 bits per heavy atom. The van der Waals surface area contributed by atoms with E-state index in [9.17, 15) is 18.5 Å². The van der Waals surface area contributed by atoms with Crippen molar-refractivity contribution in [1.29, 1.82) is 0 Å². The number of aromatic nitrogens is 1. The second-order valence-corrected chi connectivity index (χ2v) is 8.03. The van der Waals surface area contributed by atoms with Gasteiger partial charge in [-0.1, -0.05) is 13.8 Å². The fourth-order valence-corrected chi connectivity index (χ4v) is 3.70. The zero-order valence-corrected chi connectivity index (χ0v) is 15.0. The highest BCUT2D eigenvalue weighted by Gasteiger charge is 2.21. The third-order valence-electron chi connectivity index (χ3n) is 3.33. The quantitative estimate of drug-likeness (QED) is 0.594. The molecule has 24 heavy (non-hydrogen) atoms. The molecule has 0 aliphatic carbocycles. The van der Waals surface area contributed by atoms with Crippen LogP contribution in [0.25, 0.3) is 0 Å². The molecule has 3 N–H and O–H groups in total. The number of thiazole rings is 1. The number of benzene rings is 1. The Bertz CT molecular complexity index is 861. The van der Waals surface area contributed by atoms with Crippen molar-refractivity contribution in [3.63, 3.8) is 0 Å². The van der Waals surface area contributed by atoms with Gasteiger partial charge in [-0.2, -0.15) is 0 Å². The summed E-state index contributed by atoms with van der Waals surface area (Å²) in [5.74, 6) is 0.301. The Balaban J connectivity index is 2.35. The highest BCUT2D eigenvalue weighted by molar-refractivity contribution is 7.89. The van der Waals surface area contributed by atoms with Crippen molar-refractivity contribution >= 4 is 32.7 Å². The summed E-state index contributed by atoms with van der Waals surface area (Å²) in [6, 6.07) is 3.23. The first-order valence-corrected chi connectivity index (χ1v) is 9.55. The Labute approximate surface area is 143 Å². The molecule has 0 spiro atoms. The predicted octanol–water partition coefficient (Wildman–Crippen LogP) is 3.00. The van der Waals surface area contributed by atoms with E-state index in [1.165, 1.54) is 23.5 Å². The normalized spacial score (nSPS) is 13.0. The van der Waals surface area contributed by atoms with Crippen LogP contribution in [0.2, 0.25) is 0 Å². The minimum Gasteiger partial charge on any atom is -0.376 e. The molecule has 1 atom stereocenters. The Morgan fingerprint density at radius 2 is 2.00 bits per heavy atom. The molecule has 0 fully saturated rings. The second-order valence-electron chi connectivity index (χ2n) is 5.61. The lowest BCUT2D eigenvalue weighted by Gasteiger charge is -2.15. The zero-order chi connectivity index (χ0) is 18.1. The molecule has 2 rings (SSSR count). The number of nitro benzene ring substituents is 1. The first-order chi connectivity index (χ1) is 11.1. The molecule has 1 aromatic carbocycles. The van der Waals surface area contributed by atoms with Gasteiger partial charge in [0.1, 0.15) is 4.90 Å². The van der Waals surface area contributed by atoms with Gasteiger partial charge in [-0.05, 0) is 13.0 Å². The molecule has 130 valence electrons. The number of nitrogens with two attached hydrogens (primary N) is 1. The monoisotopic (exact) mass is 370 g/mol. The third-order valence-corrected chi connectivity index (χ3v) is 5.45. The van der Waals surface area contributed by atoms with E-state index in [2.05, 4.69) is 10.3 Å². The zero-order valence-electron chi connectivity index (χ0n) is 13.4. The number of hydrogen-bond donors (Lipinski definition) is 2. The smallest absolute Gasteiger partial charge is 0.270 e. The van der Waals surface area contributed by atoms with Crippen LogP contribution >= 0.6 is 11.3 Å². The average Bonchev–Trinajstić information content (AvgIpc) is 2.96. The maximum absolute atomic E-state index is 11.7. The standard InChI is InChI=1S/C14H18N4O4S2/c1-8(2)14-17-12(7-23-14)9(3)16-11-5-4-10(18(19)20)6-13(11)24(15,21)22/h4-9,16H,1-3H3,(H2,15,21,22). The summed E-state index contributed by atoms with van der Waals surface area (Å²) in [7, 11) is -4.11. The van der Waals surface area contributed by atoms with Crippen molar-refractivity contribution < 1.29 is 13.3 Å². The van der Waals surface area contributed by atoms with Gasteiger partial charge in [-0.3, -0.25) is 10.1 Å². The molecule has 8 nitrogen and oxygen atoms in total. The number of nitrogens with one attached hydrogen (secondary N) is 1. The minimum atomic E-state index is -4.11. The maximum atomic E-state index is 11.7. The average molecular weight is 370 g/mol. The topological polar surface area (TPSA) is 128 Å². The fourth-order valence-electron chi connectivity index (χ4n) is 2.05. The van der Waals surface area contributed by atoms with E-state index in [1.807, 2.05) is 26.2 Å². The Hall–Kier alpha value is -2.04. The van der Waals surface area contributed by atoms with Gasteiger partial charge in [0.25, 0.3) is 5.69 Å². The molecule has 1 unspecified atom stereocenters. The summed E-state index contributed by atoms with van der Waals surface area (Å²) >= 11 is 1.53. The van der Waals surface area contributed by atoms with E-state index in [4.69, 9.17) is 5.14 Å². The van der Waals surface area contributed by atoms with Gasteiger partial charge in [0, 0.05) is 23.4 Å². The molecular weight excluding hydrogens is 352 g/mol. The number of sulfonamides is 1. The number of nitrogens with zero attached hydrogens (tertiary/aromatic N) is 2. The van der Waals surface area contributed by atoms with Gasteiger partial charge in [0.2, 0.25) is 10.0 Å². The van der Waals surface area contributed by atoms with Crippen LogP contribution in [0.3, 0.4) is 0 Å². The largest absolute Gasteiger partial charge is 0.376 e. The van der Waals surface area contributed by atoms with Crippen LogP contribution in [0.15, 0.2) is 28.5 Å². The van der Waals surface area contributed by atoms with Crippen LogP contribution in [0.5, 0.6) is 0 Å². The summed E-state index contributed by atoms with van der Waals surface area (Å²) in [5.41, 5.74) is 0.630. The number of nitro groups is 1. The van der Waals surface area contributed by atoms with Crippen LogP contribution in [0.1, 0.15) is 43.4 Å². The number of hydrogen-bond acceptors (Lipinski definition) is 7. The van der Waals surface area contributed by atoms with E-state index in [0.29, 0.717) is 5.92 Å². The van der Waals surface area contributed by atoms with Crippen molar-refractivity contribution in [2.75, 3.05) is 5.32 Å². The summed E-state index contributed by atoms with van der Waals surface area (Å²) < 4.78 is 23.5. The van der Waals surface area contributed by atoms with Crippen molar-refractivity contribution in [2.24, 2.45) is 5.14 Å². The van der Waals surface area contributed by atoms with Gasteiger partial charge in [0.15, 0.2) is 0 Å². The van der Waals surface area contributed by atoms with Crippen LogP contribution < -0.4 is 10.5 Å². The highest BCUT2D eigenvalue weighted by Crippen LogP contribution is 2.30. The van der Waals surface area contributed by atoms with E-state index in [1.54, 1.807) is 0 Å². The number of anilines is 1. The molecule has 2 aromatic rings. The molecular formula is C14H18N4O4S2. The van der Waals surface area contributed by atoms with Gasteiger partial charge < -0.3 is 5.32 Å². The molecule has 10 heteroatoms. The molecule has 0 radical (unpaired) electrons. The maximum Gasteiger partial charge on any atom is 0.270 e. The van der Waals surface area contributed by atoms with Crippen molar-refractivity contribution in [3.8, 4) is 0 Å². The first-order valence-electron chi connectivity index (χ1n) is 7.12. The summed E-state index contributed by atoms with van der Waals surface area (Å²) in [4.78, 5) is 14.4. The van der Waals surface area contributed by atoms with Crippen LogP contribution in [0, 0.1) is 10.1 Å². The van der Waals surface area contributed by atoms with Gasteiger partial charge in [-0.15, -0.1) is 11.3 Å². The molecule has 0 aliphatic heterocycles. The van der Waals surface area contributed by atoms with E-state index < -0.39 is 14.9 Å². The lowest BCUT2D eigenvalue weighted by atomic mass is 10.2. The lowest BCUT2D eigenvalue weighted by molar-refractivity contribution is -0.385. The summed E-state index contributed by atoms with van der Waals surface area (Å²) in [5, 5.41) is 21.9. The van der Waals surface area contributed by atoms with Crippen LogP contribution in [-0.4, -0.2) is 18.3 Å². The van der Waals surface area contributed by atoms with Gasteiger partial charge in [0.05, 0.1) is 27.4 Å². The van der Waals surface area contributed by atoms with Gasteiger partial charge in [-0.25, -0.2) is 18.5 Å². The fraction of sp³-hybridized carbons (Fsp3) is 0.357. The molecule has 0 saturated heterocycles. The minimum absolute atomic E-state index is 0.203. The molecule has 0 aliphatic rings. The third kappa shape index (κ3) is 4.08. The number of rotatable bonds is 6. The number of non-ortho nitro benzene ring substituents is 1. The summed E-state index contributed by atoms with van der Waals surface area (Å²) in [6.07, 6.45) is 0. The van der Waals surface area contributed by atoms with E-state index in [0.717, 1.165) is 16.8 Å². The van der Waals surface area contributed by atoms with Gasteiger partial charge >= 0.3 is 0 Å². The van der Waals surface area contributed by atoms with Crippen molar-refractivity contribution in [3.05, 3.63) is 44.4 Å². The molecule has 0 bridgehead atoms. The molecule has 1 heterocycles. The first kappa shape index (κ1) is 18.3. The van der Waals surface area contributed by atoms with Crippen LogP contribution in [-0.2, 0) is 10.0 Å². The molecule has 0 saturated carbocycles. The highest BCUT2D eigenvalue weighted by atomic mass is 32.2. The molecule has 1 aromatic heterocycles. The number of primary sulfonamides is 1. The van der Waals surface area contributed by atoms with E-state index in [-0.39, 0.29) is 22.3 Å². The van der Waals surface area contributed by atoms with Crippen molar-refractivity contribution in [2.45, 2.75) is 37.6 Å². The van der Waals surface area contributed by atoms with E-state index >= 15 is 0 Å². The summed E-state index contributed by atoms with van der Waals surface area (Å²) in [6.45, 7) is 5.90. The van der Waals surface area contributed by atoms with Crippen molar-refractivity contribution in [1.82, 2.24) is 4.98 Å². The predicted molar refractivity (Wildman–Crippen MR) is 92.7 cm³/mol. The second kappa shape index (κ2) is 6.83. The lowest BCUT2D eigenvalue weighted by Crippen LogP contribution is -2.17. The Kier molecular flexibility index (Phi) is 5.21. The SMILES string of the molecule is CC(C)c1nc(C(C)Nc2ccc([N+](=O)[O-])cc2S(N)(=O)=O)cs1. The Morgan fingerprint density at radius 3 is 2.50 bits per heavy atom.